The Kier molecular flexibility index (Phi) is 2.47. The highest BCUT2D eigenvalue weighted by atomic mass is 16.2. The maximum Gasteiger partial charge on any atom is 0.242 e. The molecule has 3 N–H and O–H groups in total. The van der Waals surface area contributed by atoms with Gasteiger partial charge in [-0.2, -0.15) is 0 Å². The van der Waals surface area contributed by atoms with Gasteiger partial charge in [-0.15, -0.1) is 0 Å². The van der Waals surface area contributed by atoms with E-state index in [1.54, 1.807) is 5.01 Å². The molecular weight excluding hydrogens is 178 g/mol. The molecule has 2 rings (SSSR count). The van der Waals surface area contributed by atoms with Gasteiger partial charge in [0.05, 0.1) is 5.69 Å². The highest BCUT2D eigenvalue weighted by Gasteiger charge is 2.21. The molecule has 14 heavy (non-hydrogen) atoms. The van der Waals surface area contributed by atoms with Crippen LogP contribution in [0, 0.1) is 0 Å². The number of amides is 1. The van der Waals surface area contributed by atoms with E-state index < -0.39 is 0 Å². The predicted octanol–water partition coefficient (Wildman–Crippen LogP) is 0.387. The van der Waals surface area contributed by atoms with Crippen LogP contribution in [0.4, 0.5) is 5.69 Å². The van der Waals surface area contributed by atoms with Gasteiger partial charge in [-0.25, -0.2) is 10.4 Å². The molecule has 1 aliphatic rings. The average molecular weight is 191 g/mol. The van der Waals surface area contributed by atoms with Crippen molar-refractivity contribution in [3.05, 3.63) is 29.8 Å². The molecule has 4 nitrogen and oxygen atoms in total. The summed E-state index contributed by atoms with van der Waals surface area (Å²) in [5.74, 6) is 0.110. The zero-order valence-electron chi connectivity index (χ0n) is 7.86. The van der Waals surface area contributed by atoms with Gasteiger partial charge in [0.15, 0.2) is 0 Å². The Morgan fingerprint density at radius 1 is 1.50 bits per heavy atom. The van der Waals surface area contributed by atoms with Crippen molar-refractivity contribution >= 4 is 11.6 Å². The van der Waals surface area contributed by atoms with Crippen molar-refractivity contribution in [1.29, 1.82) is 0 Å². The molecule has 0 aromatic heterocycles. The van der Waals surface area contributed by atoms with Crippen molar-refractivity contribution in [2.45, 2.75) is 13.0 Å². The van der Waals surface area contributed by atoms with Crippen LogP contribution >= 0.6 is 0 Å². The van der Waals surface area contributed by atoms with Gasteiger partial charge in [-0.1, -0.05) is 12.1 Å². The minimum atomic E-state index is 0.110. The average Bonchev–Trinajstić information content (AvgIpc) is 2.65. The van der Waals surface area contributed by atoms with Crippen molar-refractivity contribution in [3.63, 3.8) is 0 Å². The summed E-state index contributed by atoms with van der Waals surface area (Å²) in [4.78, 5) is 11.4. The Balaban J connectivity index is 2.26. The van der Waals surface area contributed by atoms with Crippen molar-refractivity contribution in [2.24, 2.45) is 5.73 Å². The number of carbonyl (C=O) groups is 1. The van der Waals surface area contributed by atoms with E-state index in [1.807, 2.05) is 24.3 Å². The minimum absolute atomic E-state index is 0.110. The fraction of sp³-hybridized carbons (Fsp3) is 0.300. The zero-order valence-corrected chi connectivity index (χ0v) is 7.86. The number of hydrazine groups is 1. The van der Waals surface area contributed by atoms with E-state index in [0.717, 1.165) is 11.3 Å². The standard InChI is InChI=1S/C10H13N3O/c11-7-8-2-1-3-9(6-8)13-10(14)4-5-12-13/h1-3,6,12H,4-5,7,11H2. The van der Waals surface area contributed by atoms with E-state index in [9.17, 15) is 4.79 Å². The molecule has 74 valence electrons. The summed E-state index contributed by atoms with van der Waals surface area (Å²) in [5.41, 5.74) is 10.4. The monoisotopic (exact) mass is 191 g/mol. The first kappa shape index (κ1) is 9.18. The topological polar surface area (TPSA) is 58.4 Å². The zero-order chi connectivity index (χ0) is 9.97. The number of nitrogens with one attached hydrogen (secondary N) is 1. The van der Waals surface area contributed by atoms with Gasteiger partial charge in [0.25, 0.3) is 0 Å². The summed E-state index contributed by atoms with van der Waals surface area (Å²) < 4.78 is 0. The maximum absolute atomic E-state index is 11.4. The number of benzene rings is 1. The number of anilines is 1. The molecule has 4 heteroatoms. The molecule has 1 aromatic rings. The summed E-state index contributed by atoms with van der Waals surface area (Å²) in [6, 6.07) is 7.68. The lowest BCUT2D eigenvalue weighted by molar-refractivity contribution is -0.117. The summed E-state index contributed by atoms with van der Waals surface area (Å²) >= 11 is 0. The summed E-state index contributed by atoms with van der Waals surface area (Å²) in [6.07, 6.45) is 0.562. The fourth-order valence-corrected chi connectivity index (χ4v) is 1.53. The molecule has 1 aromatic carbocycles. The van der Waals surface area contributed by atoms with Crippen LogP contribution in [-0.2, 0) is 11.3 Å². The summed E-state index contributed by atoms with van der Waals surface area (Å²) in [5, 5.41) is 1.58. The smallest absolute Gasteiger partial charge is 0.242 e. The highest BCUT2D eigenvalue weighted by molar-refractivity contribution is 5.94. The van der Waals surface area contributed by atoms with Crippen molar-refractivity contribution in [1.82, 2.24) is 5.43 Å². The molecule has 0 unspecified atom stereocenters. The number of nitrogens with two attached hydrogens (primary N) is 1. The number of rotatable bonds is 2. The van der Waals surface area contributed by atoms with Gasteiger partial charge >= 0.3 is 0 Å². The number of hydrogen-bond acceptors (Lipinski definition) is 3. The molecule has 0 atom stereocenters. The largest absolute Gasteiger partial charge is 0.326 e. The minimum Gasteiger partial charge on any atom is -0.326 e. The van der Waals surface area contributed by atoms with Crippen LogP contribution in [0.3, 0.4) is 0 Å². The first-order chi connectivity index (χ1) is 6.81. The molecule has 0 bridgehead atoms. The van der Waals surface area contributed by atoms with Gasteiger partial charge in [-0.05, 0) is 17.7 Å². The Hall–Kier alpha value is -1.39. The number of hydrogen-bond donors (Lipinski definition) is 2. The first-order valence-electron chi connectivity index (χ1n) is 4.67. The van der Waals surface area contributed by atoms with Gasteiger partial charge in [0, 0.05) is 19.5 Å². The van der Waals surface area contributed by atoms with Gasteiger partial charge < -0.3 is 5.73 Å². The fourth-order valence-electron chi connectivity index (χ4n) is 1.53. The van der Waals surface area contributed by atoms with Crippen LogP contribution in [-0.4, -0.2) is 12.5 Å². The van der Waals surface area contributed by atoms with E-state index >= 15 is 0 Å². The molecule has 0 saturated carbocycles. The quantitative estimate of drug-likeness (QED) is 0.710. The van der Waals surface area contributed by atoms with Crippen LogP contribution in [0.15, 0.2) is 24.3 Å². The first-order valence-corrected chi connectivity index (χ1v) is 4.67. The third kappa shape index (κ3) is 1.62. The van der Waals surface area contributed by atoms with Gasteiger partial charge in [0.1, 0.15) is 0 Å². The van der Waals surface area contributed by atoms with Crippen molar-refractivity contribution in [3.8, 4) is 0 Å². The molecule has 1 aliphatic heterocycles. The van der Waals surface area contributed by atoms with Gasteiger partial charge in [-0.3, -0.25) is 4.79 Å². The second-order valence-electron chi connectivity index (χ2n) is 3.26. The second-order valence-corrected chi connectivity index (χ2v) is 3.26. The maximum atomic E-state index is 11.4. The van der Waals surface area contributed by atoms with Crippen molar-refractivity contribution < 1.29 is 4.79 Å². The van der Waals surface area contributed by atoms with Crippen LogP contribution in [0.5, 0.6) is 0 Å². The molecule has 1 fully saturated rings. The van der Waals surface area contributed by atoms with Crippen LogP contribution in [0.1, 0.15) is 12.0 Å². The summed E-state index contributed by atoms with van der Waals surface area (Å²) in [6.45, 7) is 1.21. The molecule has 1 saturated heterocycles. The van der Waals surface area contributed by atoms with Crippen molar-refractivity contribution in [2.75, 3.05) is 11.6 Å². The Labute approximate surface area is 82.7 Å². The SMILES string of the molecule is NCc1cccc(N2NCCC2=O)c1. The lowest BCUT2D eigenvalue weighted by Gasteiger charge is -2.16. The summed E-state index contributed by atoms with van der Waals surface area (Å²) in [7, 11) is 0. The molecule has 1 heterocycles. The Morgan fingerprint density at radius 2 is 2.36 bits per heavy atom. The Morgan fingerprint density at radius 3 is 3.00 bits per heavy atom. The number of nitrogens with zero attached hydrogens (tertiary/aromatic N) is 1. The number of carbonyl (C=O) groups excluding carboxylic acids is 1. The molecule has 1 amide bonds. The normalized spacial score (nSPS) is 16.4. The van der Waals surface area contributed by atoms with E-state index in [4.69, 9.17) is 5.73 Å². The van der Waals surface area contributed by atoms with E-state index in [2.05, 4.69) is 5.43 Å². The molecule has 0 radical (unpaired) electrons. The lowest BCUT2D eigenvalue weighted by Crippen LogP contribution is -2.34. The lowest BCUT2D eigenvalue weighted by atomic mass is 10.2. The van der Waals surface area contributed by atoms with Crippen LogP contribution in [0.2, 0.25) is 0 Å². The predicted molar refractivity (Wildman–Crippen MR) is 54.4 cm³/mol. The molecular formula is C10H13N3O. The van der Waals surface area contributed by atoms with Gasteiger partial charge in [0.2, 0.25) is 5.91 Å². The van der Waals surface area contributed by atoms with E-state index in [0.29, 0.717) is 19.5 Å². The Bertz CT molecular complexity index is 351. The van der Waals surface area contributed by atoms with Crippen LogP contribution in [0.25, 0.3) is 0 Å². The molecule has 0 aliphatic carbocycles. The van der Waals surface area contributed by atoms with E-state index in [1.165, 1.54) is 0 Å². The van der Waals surface area contributed by atoms with Crippen LogP contribution < -0.4 is 16.2 Å². The third-order valence-corrected chi connectivity index (χ3v) is 2.26. The highest BCUT2D eigenvalue weighted by Crippen LogP contribution is 2.17. The molecule has 0 spiro atoms. The van der Waals surface area contributed by atoms with E-state index in [-0.39, 0.29) is 5.91 Å². The second kappa shape index (κ2) is 3.77. The third-order valence-electron chi connectivity index (χ3n) is 2.26.